The van der Waals surface area contributed by atoms with Gasteiger partial charge >= 0.3 is 0 Å². The van der Waals surface area contributed by atoms with Gasteiger partial charge in [-0.2, -0.15) is 0 Å². The zero-order valence-electron chi connectivity index (χ0n) is 11.1. The lowest BCUT2D eigenvalue weighted by Crippen LogP contribution is -2.03. The number of hydrogen-bond acceptors (Lipinski definition) is 6. The Kier molecular flexibility index (Phi) is 3.39. The maximum absolute atomic E-state index is 5.67. The number of ether oxygens (including phenoxy) is 3. The smallest absolute Gasteiger partial charge is 0.231 e. The third-order valence-electron chi connectivity index (χ3n) is 2.86. The van der Waals surface area contributed by atoms with Crippen LogP contribution in [0, 0.1) is 6.92 Å². The number of benzene rings is 1. The van der Waals surface area contributed by atoms with Gasteiger partial charge in [0.05, 0.1) is 6.61 Å². The van der Waals surface area contributed by atoms with E-state index in [0.717, 1.165) is 22.8 Å². The predicted molar refractivity (Wildman–Crippen MR) is 72.2 cm³/mol. The van der Waals surface area contributed by atoms with E-state index in [-0.39, 0.29) is 6.79 Å². The molecule has 6 heteroatoms. The molecular weight excluding hydrogens is 258 g/mol. The SMILES string of the molecule is Cc1cc(N)nc(COCc2ccc3c(c2)OCO3)n1. The summed E-state index contributed by atoms with van der Waals surface area (Å²) in [5, 5.41) is 0. The number of fused-ring (bicyclic) bond motifs is 1. The standard InChI is InChI=1S/C14H15N3O3/c1-9-4-13(15)17-14(16-9)7-18-6-10-2-3-11-12(5-10)20-8-19-11/h2-5H,6-8H2,1H3,(H2,15,16,17). The van der Waals surface area contributed by atoms with E-state index >= 15 is 0 Å². The van der Waals surface area contributed by atoms with Crippen molar-refractivity contribution in [1.29, 1.82) is 0 Å². The third kappa shape index (κ3) is 2.80. The summed E-state index contributed by atoms with van der Waals surface area (Å²) >= 11 is 0. The topological polar surface area (TPSA) is 79.5 Å². The van der Waals surface area contributed by atoms with E-state index in [1.54, 1.807) is 6.07 Å². The first kappa shape index (κ1) is 12.7. The molecule has 0 atom stereocenters. The Morgan fingerprint density at radius 3 is 2.85 bits per heavy atom. The Bertz CT molecular complexity index is 611. The number of anilines is 1. The van der Waals surface area contributed by atoms with Gasteiger partial charge in [0.2, 0.25) is 6.79 Å². The van der Waals surface area contributed by atoms with Crippen molar-refractivity contribution in [2.45, 2.75) is 20.1 Å². The van der Waals surface area contributed by atoms with Crippen molar-refractivity contribution in [2.24, 2.45) is 0 Å². The molecule has 0 fully saturated rings. The van der Waals surface area contributed by atoms with Gasteiger partial charge in [-0.1, -0.05) is 6.07 Å². The van der Waals surface area contributed by atoms with Crippen molar-refractivity contribution in [3.63, 3.8) is 0 Å². The molecule has 2 heterocycles. The average Bonchev–Trinajstić information content (AvgIpc) is 2.85. The molecular formula is C14H15N3O3. The predicted octanol–water partition coefficient (Wildman–Crippen LogP) is 1.81. The zero-order chi connectivity index (χ0) is 13.9. The molecule has 0 bridgehead atoms. The van der Waals surface area contributed by atoms with Gasteiger partial charge in [-0.15, -0.1) is 0 Å². The van der Waals surface area contributed by atoms with E-state index in [1.165, 1.54) is 0 Å². The van der Waals surface area contributed by atoms with Gasteiger partial charge in [-0.05, 0) is 24.6 Å². The number of rotatable bonds is 4. The maximum atomic E-state index is 5.67. The maximum Gasteiger partial charge on any atom is 0.231 e. The van der Waals surface area contributed by atoms with Crippen LogP contribution in [0.5, 0.6) is 11.5 Å². The Hall–Kier alpha value is -2.34. The Morgan fingerprint density at radius 1 is 1.15 bits per heavy atom. The van der Waals surface area contributed by atoms with E-state index in [1.807, 2.05) is 25.1 Å². The fraction of sp³-hybridized carbons (Fsp3) is 0.286. The van der Waals surface area contributed by atoms with Crippen LogP contribution in [-0.2, 0) is 18.0 Å². The monoisotopic (exact) mass is 273 g/mol. The highest BCUT2D eigenvalue weighted by molar-refractivity contribution is 5.44. The molecule has 104 valence electrons. The first-order chi connectivity index (χ1) is 9.70. The summed E-state index contributed by atoms with van der Waals surface area (Å²) in [6.45, 7) is 2.92. The summed E-state index contributed by atoms with van der Waals surface area (Å²) < 4.78 is 16.2. The normalized spacial score (nSPS) is 12.7. The van der Waals surface area contributed by atoms with Gasteiger partial charge in [0, 0.05) is 11.8 Å². The largest absolute Gasteiger partial charge is 0.454 e. The Balaban J connectivity index is 1.59. The van der Waals surface area contributed by atoms with Gasteiger partial charge in [0.1, 0.15) is 12.4 Å². The molecule has 0 amide bonds. The molecule has 2 N–H and O–H groups in total. The minimum Gasteiger partial charge on any atom is -0.454 e. The van der Waals surface area contributed by atoms with Crippen molar-refractivity contribution >= 4 is 5.82 Å². The summed E-state index contributed by atoms with van der Waals surface area (Å²) in [6.07, 6.45) is 0. The van der Waals surface area contributed by atoms with Crippen molar-refractivity contribution in [1.82, 2.24) is 9.97 Å². The molecule has 1 aliphatic rings. The molecule has 20 heavy (non-hydrogen) atoms. The Morgan fingerprint density at radius 2 is 2.00 bits per heavy atom. The molecule has 2 aromatic rings. The second-order valence-electron chi connectivity index (χ2n) is 4.53. The lowest BCUT2D eigenvalue weighted by molar-refractivity contribution is 0.101. The number of nitrogens with two attached hydrogens (primary N) is 1. The van der Waals surface area contributed by atoms with Crippen LogP contribution in [0.25, 0.3) is 0 Å². The fourth-order valence-electron chi connectivity index (χ4n) is 2.01. The van der Waals surface area contributed by atoms with E-state index in [4.69, 9.17) is 19.9 Å². The summed E-state index contributed by atoms with van der Waals surface area (Å²) in [4.78, 5) is 8.38. The first-order valence-corrected chi connectivity index (χ1v) is 6.27. The van der Waals surface area contributed by atoms with Crippen LogP contribution in [0.4, 0.5) is 5.82 Å². The molecule has 0 saturated carbocycles. The zero-order valence-corrected chi connectivity index (χ0v) is 11.1. The third-order valence-corrected chi connectivity index (χ3v) is 2.86. The van der Waals surface area contributed by atoms with Crippen molar-refractivity contribution in [3.8, 4) is 11.5 Å². The van der Waals surface area contributed by atoms with Gasteiger partial charge in [0.25, 0.3) is 0 Å². The molecule has 1 aromatic heterocycles. The molecule has 6 nitrogen and oxygen atoms in total. The minimum atomic E-state index is 0.274. The number of aryl methyl sites for hydroxylation is 1. The quantitative estimate of drug-likeness (QED) is 0.915. The summed E-state index contributed by atoms with van der Waals surface area (Å²) in [7, 11) is 0. The first-order valence-electron chi connectivity index (χ1n) is 6.27. The van der Waals surface area contributed by atoms with Crippen molar-refractivity contribution < 1.29 is 14.2 Å². The second kappa shape index (κ2) is 5.34. The molecule has 0 spiro atoms. The molecule has 0 radical (unpaired) electrons. The van der Waals surface area contributed by atoms with E-state index in [2.05, 4.69) is 9.97 Å². The van der Waals surface area contributed by atoms with Crippen LogP contribution in [0.2, 0.25) is 0 Å². The molecule has 0 saturated heterocycles. The number of nitrogens with zero attached hydrogens (tertiary/aromatic N) is 2. The van der Waals surface area contributed by atoms with Crippen LogP contribution in [0.1, 0.15) is 17.1 Å². The van der Waals surface area contributed by atoms with Crippen LogP contribution in [-0.4, -0.2) is 16.8 Å². The molecule has 1 aliphatic heterocycles. The van der Waals surface area contributed by atoms with Crippen molar-refractivity contribution in [2.75, 3.05) is 12.5 Å². The van der Waals surface area contributed by atoms with Gasteiger partial charge in [-0.25, -0.2) is 9.97 Å². The molecule has 0 aliphatic carbocycles. The lowest BCUT2D eigenvalue weighted by atomic mass is 10.2. The van der Waals surface area contributed by atoms with Crippen molar-refractivity contribution in [3.05, 3.63) is 41.3 Å². The summed E-state index contributed by atoms with van der Waals surface area (Å²) in [6, 6.07) is 7.45. The summed E-state index contributed by atoms with van der Waals surface area (Å²) in [5.74, 6) is 2.56. The number of nitrogen functional groups attached to an aromatic ring is 1. The highest BCUT2D eigenvalue weighted by Gasteiger charge is 2.13. The number of hydrogen-bond donors (Lipinski definition) is 1. The van der Waals surface area contributed by atoms with Crippen LogP contribution in [0.15, 0.2) is 24.3 Å². The average molecular weight is 273 g/mol. The van der Waals surface area contributed by atoms with Crippen LogP contribution >= 0.6 is 0 Å². The van der Waals surface area contributed by atoms with E-state index < -0.39 is 0 Å². The highest BCUT2D eigenvalue weighted by Crippen LogP contribution is 2.32. The van der Waals surface area contributed by atoms with E-state index in [0.29, 0.717) is 24.9 Å². The van der Waals surface area contributed by atoms with Crippen LogP contribution < -0.4 is 15.2 Å². The molecule has 3 rings (SSSR count). The molecule has 1 aromatic carbocycles. The summed E-state index contributed by atoms with van der Waals surface area (Å²) in [5.41, 5.74) is 7.51. The van der Waals surface area contributed by atoms with Crippen LogP contribution in [0.3, 0.4) is 0 Å². The molecule has 0 unspecified atom stereocenters. The van der Waals surface area contributed by atoms with E-state index in [9.17, 15) is 0 Å². The lowest BCUT2D eigenvalue weighted by Gasteiger charge is -2.06. The second-order valence-corrected chi connectivity index (χ2v) is 4.53. The number of aromatic nitrogens is 2. The van der Waals surface area contributed by atoms with Gasteiger partial charge in [0.15, 0.2) is 17.3 Å². The fourth-order valence-corrected chi connectivity index (χ4v) is 2.01. The van der Waals surface area contributed by atoms with Gasteiger partial charge in [-0.3, -0.25) is 0 Å². The highest BCUT2D eigenvalue weighted by atomic mass is 16.7. The Labute approximate surface area is 116 Å². The minimum absolute atomic E-state index is 0.274. The van der Waals surface area contributed by atoms with Gasteiger partial charge < -0.3 is 19.9 Å².